The molecule has 0 radical (unpaired) electrons. The van der Waals surface area contributed by atoms with Crippen LogP contribution in [0.3, 0.4) is 0 Å². The molecule has 1 aromatic carbocycles. The Balaban J connectivity index is 2.82. The summed E-state index contributed by atoms with van der Waals surface area (Å²) in [4.78, 5) is 21.7. The van der Waals surface area contributed by atoms with Gasteiger partial charge in [-0.25, -0.2) is 4.79 Å². The van der Waals surface area contributed by atoms with E-state index in [9.17, 15) is 9.59 Å². The van der Waals surface area contributed by atoms with Crippen LogP contribution in [0.15, 0.2) is 30.3 Å². The molecule has 0 aromatic heterocycles. The fraction of sp³-hybridized carbons (Fsp3) is 0.273. The van der Waals surface area contributed by atoms with Gasteiger partial charge >= 0.3 is 5.97 Å². The van der Waals surface area contributed by atoms with Gasteiger partial charge in [0, 0.05) is 5.56 Å². The molecule has 0 spiro atoms. The fourth-order valence-corrected chi connectivity index (χ4v) is 1.17. The third-order valence-electron chi connectivity index (χ3n) is 1.79. The van der Waals surface area contributed by atoms with Crippen molar-refractivity contribution in [1.82, 2.24) is 0 Å². The van der Waals surface area contributed by atoms with Gasteiger partial charge in [-0.05, 0) is 6.92 Å². The number of rotatable bonds is 5. The molecule has 15 heavy (non-hydrogen) atoms. The largest absolute Gasteiger partial charge is 0.463 e. The summed E-state index contributed by atoms with van der Waals surface area (Å²) in [5, 5.41) is 0. The number of ether oxygens (including phenoxy) is 2. The van der Waals surface area contributed by atoms with Gasteiger partial charge in [-0.2, -0.15) is 0 Å². The maximum Gasteiger partial charge on any atom is 0.352 e. The molecule has 80 valence electrons. The van der Waals surface area contributed by atoms with Crippen LogP contribution >= 0.6 is 0 Å². The van der Waals surface area contributed by atoms with Crippen molar-refractivity contribution in [3.63, 3.8) is 0 Å². The van der Waals surface area contributed by atoms with Gasteiger partial charge in [0.25, 0.3) is 6.47 Å². The Morgan fingerprint density at radius 2 is 2.07 bits per heavy atom. The van der Waals surface area contributed by atoms with Crippen LogP contribution in [0.5, 0.6) is 0 Å². The normalized spacial score (nSPS) is 11.5. The zero-order chi connectivity index (χ0) is 11.1. The van der Waals surface area contributed by atoms with Gasteiger partial charge in [-0.3, -0.25) is 4.79 Å². The first-order valence-corrected chi connectivity index (χ1v) is 4.60. The predicted octanol–water partition coefficient (Wildman–Crippen LogP) is 1.46. The van der Waals surface area contributed by atoms with E-state index in [2.05, 4.69) is 4.74 Å². The second-order valence-corrected chi connectivity index (χ2v) is 2.78. The summed E-state index contributed by atoms with van der Waals surface area (Å²) >= 11 is 0. The van der Waals surface area contributed by atoms with Gasteiger partial charge in [0.15, 0.2) is 0 Å². The number of esters is 1. The van der Waals surface area contributed by atoms with Crippen LogP contribution in [-0.4, -0.2) is 19.0 Å². The van der Waals surface area contributed by atoms with Crippen LogP contribution < -0.4 is 0 Å². The van der Waals surface area contributed by atoms with Crippen molar-refractivity contribution >= 4 is 12.4 Å². The highest BCUT2D eigenvalue weighted by Gasteiger charge is 2.22. The van der Waals surface area contributed by atoms with Crippen molar-refractivity contribution in [2.45, 2.75) is 13.0 Å². The van der Waals surface area contributed by atoms with E-state index in [1.54, 1.807) is 31.2 Å². The maximum absolute atomic E-state index is 11.4. The molecule has 0 amide bonds. The van der Waals surface area contributed by atoms with Crippen LogP contribution in [0.1, 0.15) is 18.6 Å². The Kier molecular flexibility index (Phi) is 4.34. The van der Waals surface area contributed by atoms with Crippen LogP contribution in [0, 0.1) is 0 Å². The van der Waals surface area contributed by atoms with Gasteiger partial charge in [0.1, 0.15) is 0 Å². The average molecular weight is 208 g/mol. The van der Waals surface area contributed by atoms with Crippen molar-refractivity contribution in [2.24, 2.45) is 0 Å². The molecule has 0 aliphatic rings. The van der Waals surface area contributed by atoms with Crippen molar-refractivity contribution in [1.29, 1.82) is 0 Å². The minimum atomic E-state index is -0.969. The molecule has 0 heterocycles. The molecule has 0 aliphatic heterocycles. The molecule has 1 rings (SSSR count). The summed E-state index contributed by atoms with van der Waals surface area (Å²) in [6.07, 6.45) is -0.969. The lowest BCUT2D eigenvalue weighted by Crippen LogP contribution is -2.18. The number of benzene rings is 1. The number of carbonyl (C=O) groups excluding carboxylic acids is 2. The van der Waals surface area contributed by atoms with E-state index in [4.69, 9.17) is 4.74 Å². The Hall–Kier alpha value is -1.84. The van der Waals surface area contributed by atoms with E-state index in [0.717, 1.165) is 0 Å². The fourth-order valence-electron chi connectivity index (χ4n) is 1.17. The highest BCUT2D eigenvalue weighted by molar-refractivity contribution is 5.77. The van der Waals surface area contributed by atoms with E-state index in [-0.39, 0.29) is 13.1 Å². The van der Waals surface area contributed by atoms with E-state index < -0.39 is 12.1 Å². The minimum absolute atomic E-state index is 0.245. The van der Waals surface area contributed by atoms with E-state index in [1.807, 2.05) is 6.07 Å². The Morgan fingerprint density at radius 3 is 2.60 bits per heavy atom. The lowest BCUT2D eigenvalue weighted by Gasteiger charge is -2.13. The average Bonchev–Trinajstić information content (AvgIpc) is 2.27. The first kappa shape index (κ1) is 11.2. The van der Waals surface area contributed by atoms with Crippen molar-refractivity contribution < 1.29 is 19.1 Å². The van der Waals surface area contributed by atoms with Gasteiger partial charge in [-0.15, -0.1) is 0 Å². The van der Waals surface area contributed by atoms with E-state index in [0.29, 0.717) is 5.56 Å². The topological polar surface area (TPSA) is 52.6 Å². The molecule has 4 nitrogen and oxygen atoms in total. The van der Waals surface area contributed by atoms with Crippen LogP contribution in [-0.2, 0) is 19.1 Å². The SMILES string of the molecule is CCOC(=O)C(OC=O)c1ccccc1. The smallest absolute Gasteiger partial charge is 0.352 e. The van der Waals surface area contributed by atoms with Crippen LogP contribution in [0.4, 0.5) is 0 Å². The number of hydrogen-bond acceptors (Lipinski definition) is 4. The molecule has 1 unspecified atom stereocenters. The molecule has 0 fully saturated rings. The summed E-state index contributed by atoms with van der Waals surface area (Å²) in [6.45, 7) is 2.19. The monoisotopic (exact) mass is 208 g/mol. The molecule has 0 bridgehead atoms. The quantitative estimate of drug-likeness (QED) is 0.543. The maximum atomic E-state index is 11.4. The lowest BCUT2D eigenvalue weighted by molar-refractivity contribution is -0.161. The number of hydrogen-bond donors (Lipinski definition) is 0. The van der Waals surface area contributed by atoms with E-state index >= 15 is 0 Å². The molecule has 0 aliphatic carbocycles. The highest BCUT2D eigenvalue weighted by Crippen LogP contribution is 2.17. The lowest BCUT2D eigenvalue weighted by atomic mass is 10.1. The highest BCUT2D eigenvalue weighted by atomic mass is 16.6. The van der Waals surface area contributed by atoms with Crippen LogP contribution in [0.25, 0.3) is 0 Å². The molecular weight excluding hydrogens is 196 g/mol. The zero-order valence-corrected chi connectivity index (χ0v) is 8.38. The van der Waals surface area contributed by atoms with Crippen LogP contribution in [0.2, 0.25) is 0 Å². The number of carbonyl (C=O) groups is 2. The summed E-state index contributed by atoms with van der Waals surface area (Å²) in [7, 11) is 0. The second-order valence-electron chi connectivity index (χ2n) is 2.78. The first-order valence-electron chi connectivity index (χ1n) is 4.60. The summed E-state index contributed by atoms with van der Waals surface area (Å²) in [5.74, 6) is -0.559. The summed E-state index contributed by atoms with van der Waals surface area (Å²) in [6, 6.07) is 8.73. The Labute approximate surface area is 87.8 Å². The van der Waals surface area contributed by atoms with Crippen molar-refractivity contribution in [3.05, 3.63) is 35.9 Å². The Morgan fingerprint density at radius 1 is 1.40 bits per heavy atom. The molecule has 4 heteroatoms. The standard InChI is InChI=1S/C11H12O4/c1-2-14-11(13)10(15-8-12)9-6-4-3-5-7-9/h3-8,10H,2H2,1H3. The molecular formula is C11H12O4. The molecule has 0 N–H and O–H groups in total. The molecule has 0 saturated carbocycles. The van der Waals surface area contributed by atoms with Gasteiger partial charge < -0.3 is 9.47 Å². The molecule has 1 atom stereocenters. The zero-order valence-electron chi connectivity index (χ0n) is 8.38. The van der Waals surface area contributed by atoms with Gasteiger partial charge in [0.05, 0.1) is 6.61 Å². The van der Waals surface area contributed by atoms with Crippen molar-refractivity contribution in [3.8, 4) is 0 Å². The Bertz CT molecular complexity index is 321. The van der Waals surface area contributed by atoms with Gasteiger partial charge in [0.2, 0.25) is 6.10 Å². The predicted molar refractivity (Wildman–Crippen MR) is 53.0 cm³/mol. The molecule has 1 aromatic rings. The third kappa shape index (κ3) is 3.09. The first-order chi connectivity index (χ1) is 7.29. The van der Waals surface area contributed by atoms with Gasteiger partial charge in [-0.1, -0.05) is 30.3 Å². The molecule has 0 saturated heterocycles. The van der Waals surface area contributed by atoms with Crippen molar-refractivity contribution in [2.75, 3.05) is 6.61 Å². The second kappa shape index (κ2) is 5.80. The minimum Gasteiger partial charge on any atom is -0.463 e. The summed E-state index contributed by atoms with van der Waals surface area (Å²) in [5.41, 5.74) is 0.600. The third-order valence-corrected chi connectivity index (χ3v) is 1.79. The van der Waals surface area contributed by atoms with E-state index in [1.165, 1.54) is 0 Å². The summed E-state index contributed by atoms with van der Waals surface area (Å²) < 4.78 is 9.48.